The monoisotopic (exact) mass is 665 g/mol. The van der Waals surface area contributed by atoms with Crippen molar-refractivity contribution in [2.24, 2.45) is 5.92 Å². The second-order valence-corrected chi connectivity index (χ2v) is 12.6. The first-order chi connectivity index (χ1) is 22.8. The van der Waals surface area contributed by atoms with Crippen LogP contribution < -0.4 is 0 Å². The Balaban J connectivity index is 1.37. The number of carbonyl (C=O) groups is 4. The van der Waals surface area contributed by atoms with E-state index in [1.807, 2.05) is 55.5 Å². The molecule has 1 aliphatic carbocycles. The van der Waals surface area contributed by atoms with Crippen molar-refractivity contribution in [1.82, 2.24) is 14.7 Å². The van der Waals surface area contributed by atoms with Crippen LogP contribution in [0.3, 0.4) is 0 Å². The quantitative estimate of drug-likeness (QED) is 0.316. The summed E-state index contributed by atoms with van der Waals surface area (Å²) in [6, 6.07) is 17.9. The summed E-state index contributed by atoms with van der Waals surface area (Å²) in [6.07, 6.45) is -4.58. The lowest BCUT2D eigenvalue weighted by Crippen LogP contribution is -2.57. The number of rotatable bonds is 9. The highest BCUT2D eigenvalue weighted by atomic mass is 19.4. The van der Waals surface area contributed by atoms with Crippen LogP contribution in [0.2, 0.25) is 0 Å². The fraction of sp³-hybridized carbons (Fsp3) is 0.389. The molecule has 3 aromatic rings. The minimum atomic E-state index is -4.55. The molecule has 3 aromatic carbocycles. The van der Waals surface area contributed by atoms with Crippen molar-refractivity contribution >= 4 is 23.9 Å². The van der Waals surface area contributed by atoms with Crippen LogP contribution in [0.25, 0.3) is 11.1 Å². The fourth-order valence-corrected chi connectivity index (χ4v) is 6.66. The number of hydrogen-bond acceptors (Lipinski definition) is 5. The molecular weight excluding hydrogens is 627 g/mol. The van der Waals surface area contributed by atoms with Crippen LogP contribution in [0.4, 0.5) is 18.0 Å². The predicted octanol–water partition coefficient (Wildman–Crippen LogP) is 5.67. The Kier molecular flexibility index (Phi) is 10.1. The molecule has 9 nitrogen and oxygen atoms in total. The normalized spacial score (nSPS) is 18.4. The van der Waals surface area contributed by atoms with Crippen molar-refractivity contribution < 1.29 is 42.2 Å². The van der Waals surface area contributed by atoms with Crippen LogP contribution in [-0.4, -0.2) is 89.6 Å². The van der Waals surface area contributed by atoms with E-state index in [2.05, 4.69) is 0 Å². The third-order valence-corrected chi connectivity index (χ3v) is 9.22. The van der Waals surface area contributed by atoms with E-state index < -0.39 is 54.2 Å². The highest BCUT2D eigenvalue weighted by Crippen LogP contribution is 2.44. The molecule has 0 saturated carbocycles. The highest BCUT2D eigenvalue weighted by Gasteiger charge is 2.41. The molecule has 1 saturated heterocycles. The lowest BCUT2D eigenvalue weighted by atomic mass is 9.98. The highest BCUT2D eigenvalue weighted by molar-refractivity contribution is 5.92. The minimum Gasteiger partial charge on any atom is -0.480 e. The van der Waals surface area contributed by atoms with Crippen LogP contribution in [-0.2, 0) is 31.7 Å². The first-order valence-electron chi connectivity index (χ1n) is 15.8. The van der Waals surface area contributed by atoms with Crippen molar-refractivity contribution in [2.45, 2.75) is 50.4 Å². The van der Waals surface area contributed by atoms with E-state index in [1.54, 1.807) is 0 Å². The number of likely N-dealkylation sites (tertiary alicyclic amines) is 1. The average molecular weight is 666 g/mol. The summed E-state index contributed by atoms with van der Waals surface area (Å²) in [4.78, 5) is 56.5. The van der Waals surface area contributed by atoms with E-state index >= 15 is 0 Å². The number of benzene rings is 3. The van der Waals surface area contributed by atoms with Gasteiger partial charge in [0.1, 0.15) is 25.2 Å². The summed E-state index contributed by atoms with van der Waals surface area (Å²) in [5, 5.41) is 9.33. The second kappa shape index (κ2) is 14.1. The zero-order chi connectivity index (χ0) is 34.7. The molecular formula is C36H38F3N3O6. The molecule has 1 aliphatic heterocycles. The lowest BCUT2D eigenvalue weighted by Gasteiger charge is -2.36. The number of ether oxygens (including phenoxy) is 1. The van der Waals surface area contributed by atoms with Gasteiger partial charge in [0.05, 0.1) is 5.56 Å². The molecule has 0 radical (unpaired) electrons. The van der Waals surface area contributed by atoms with Gasteiger partial charge in [-0.25, -0.2) is 4.79 Å². The second-order valence-electron chi connectivity index (χ2n) is 12.6. The van der Waals surface area contributed by atoms with E-state index in [0.717, 1.165) is 39.3 Å². The third kappa shape index (κ3) is 7.32. The van der Waals surface area contributed by atoms with Gasteiger partial charge in [-0.1, -0.05) is 67.6 Å². The Labute approximate surface area is 276 Å². The van der Waals surface area contributed by atoms with Crippen LogP contribution >= 0.6 is 0 Å². The van der Waals surface area contributed by atoms with Gasteiger partial charge in [-0.2, -0.15) is 13.2 Å². The molecule has 12 heteroatoms. The Morgan fingerprint density at radius 1 is 0.938 bits per heavy atom. The molecule has 254 valence electrons. The van der Waals surface area contributed by atoms with Crippen molar-refractivity contribution in [3.05, 3.63) is 95.1 Å². The number of hydrogen-bond donors (Lipinski definition) is 1. The van der Waals surface area contributed by atoms with Gasteiger partial charge in [-0.05, 0) is 58.7 Å². The van der Waals surface area contributed by atoms with Crippen molar-refractivity contribution in [3.8, 4) is 11.1 Å². The van der Waals surface area contributed by atoms with Crippen LogP contribution in [0, 0.1) is 5.92 Å². The first kappa shape index (κ1) is 34.5. The predicted molar refractivity (Wildman–Crippen MR) is 171 cm³/mol. The van der Waals surface area contributed by atoms with E-state index in [4.69, 9.17) is 4.74 Å². The lowest BCUT2D eigenvalue weighted by molar-refractivity contribution is -0.150. The molecule has 0 bridgehead atoms. The molecule has 0 spiro atoms. The van der Waals surface area contributed by atoms with E-state index in [9.17, 15) is 37.5 Å². The van der Waals surface area contributed by atoms with Gasteiger partial charge in [-0.15, -0.1) is 0 Å². The van der Waals surface area contributed by atoms with Gasteiger partial charge < -0.3 is 19.6 Å². The number of halogens is 3. The van der Waals surface area contributed by atoms with Gasteiger partial charge >= 0.3 is 18.2 Å². The summed E-state index contributed by atoms with van der Waals surface area (Å²) in [5.74, 6) is -2.75. The number of likely N-dealkylation sites (N-methyl/N-ethyl adjacent to an activating group) is 2. The maximum atomic E-state index is 14.2. The number of fused-ring (bicyclic) bond motifs is 3. The molecule has 48 heavy (non-hydrogen) atoms. The topological polar surface area (TPSA) is 107 Å². The standard InChI is InChI=1S/C36H38F3N3O6/c1-22-12-17-30(41(3)35(47)48-21-29-27-10-6-4-8-25(27)26-9-5-7-11-28(26)29)34(46)42(19-22)31(33(45)40(2)20-32(43)44)18-23-13-15-24(16-14-23)36(37,38)39/h4-11,13-16,22,29-31H,12,17-21H2,1-3H3,(H,43,44)/t22-,30+,31+/m1/s1. The summed E-state index contributed by atoms with van der Waals surface area (Å²) in [6.45, 7) is 1.44. The maximum Gasteiger partial charge on any atom is 0.416 e. The number of amides is 3. The Morgan fingerprint density at radius 3 is 2.08 bits per heavy atom. The van der Waals surface area contributed by atoms with E-state index in [-0.39, 0.29) is 31.4 Å². The van der Waals surface area contributed by atoms with Crippen LogP contribution in [0.1, 0.15) is 47.9 Å². The van der Waals surface area contributed by atoms with Crippen molar-refractivity contribution in [2.75, 3.05) is 33.8 Å². The molecule has 3 amide bonds. The molecule has 1 N–H and O–H groups in total. The maximum absolute atomic E-state index is 14.2. The SMILES string of the molecule is C[C@@H]1CC[C@H](N(C)C(=O)OCC2c3ccccc3-c3ccccc32)C(=O)N([C@@H](Cc2ccc(C(F)(F)F)cc2)C(=O)N(C)CC(=O)O)C1. The van der Waals surface area contributed by atoms with Gasteiger partial charge in [0.15, 0.2) is 0 Å². The third-order valence-electron chi connectivity index (χ3n) is 9.22. The van der Waals surface area contributed by atoms with Crippen molar-refractivity contribution in [1.29, 1.82) is 0 Å². The zero-order valence-corrected chi connectivity index (χ0v) is 26.9. The molecule has 5 rings (SSSR count). The number of aliphatic carboxylic acids is 1. The molecule has 0 aromatic heterocycles. The zero-order valence-electron chi connectivity index (χ0n) is 26.9. The molecule has 3 atom stereocenters. The summed E-state index contributed by atoms with van der Waals surface area (Å²) >= 11 is 0. The van der Waals surface area contributed by atoms with Crippen LogP contribution in [0.15, 0.2) is 72.8 Å². The molecule has 0 unspecified atom stereocenters. The minimum absolute atomic E-state index is 0.0489. The number of alkyl halides is 3. The number of carboxylic acid groups (broad SMARTS) is 1. The van der Waals surface area contributed by atoms with Crippen molar-refractivity contribution in [3.63, 3.8) is 0 Å². The Morgan fingerprint density at radius 2 is 1.52 bits per heavy atom. The molecule has 1 heterocycles. The Bertz CT molecular complexity index is 1630. The number of carboxylic acids is 1. The number of carbonyl (C=O) groups excluding carboxylic acids is 3. The summed E-state index contributed by atoms with van der Waals surface area (Å²) in [7, 11) is 2.76. The molecule has 1 fully saturated rings. The summed E-state index contributed by atoms with van der Waals surface area (Å²) in [5.41, 5.74) is 3.72. The van der Waals surface area contributed by atoms with E-state index in [0.29, 0.717) is 18.4 Å². The fourth-order valence-electron chi connectivity index (χ4n) is 6.66. The van der Waals surface area contributed by atoms with Crippen LogP contribution in [0.5, 0.6) is 0 Å². The van der Waals surface area contributed by atoms with Gasteiger partial charge in [-0.3, -0.25) is 19.3 Å². The smallest absolute Gasteiger partial charge is 0.416 e. The van der Waals surface area contributed by atoms with E-state index in [1.165, 1.54) is 36.0 Å². The largest absolute Gasteiger partial charge is 0.480 e. The first-order valence-corrected chi connectivity index (χ1v) is 15.8. The average Bonchev–Trinajstić information content (AvgIpc) is 3.29. The molecule has 2 aliphatic rings. The summed E-state index contributed by atoms with van der Waals surface area (Å²) < 4.78 is 45.5. The van der Waals surface area contributed by atoms with Gasteiger partial charge in [0, 0.05) is 33.0 Å². The Hall–Kier alpha value is -4.87. The van der Waals surface area contributed by atoms with Gasteiger partial charge in [0.25, 0.3) is 0 Å². The van der Waals surface area contributed by atoms with Gasteiger partial charge in [0.2, 0.25) is 11.8 Å². The number of nitrogens with zero attached hydrogens (tertiary/aromatic N) is 3.